The van der Waals surface area contributed by atoms with Crippen molar-refractivity contribution in [2.75, 3.05) is 12.3 Å². The SMILES string of the molecule is CC(O)(CNC(=O)CSCc1coc(-c2ccccc2)n1)C(=O)O. The standard InChI is InChI=1S/C16H18N2O5S/c1-16(22,15(20)21)10-17-13(19)9-24-8-12-7-23-14(18-12)11-5-3-2-4-6-11/h2-7,22H,8-10H2,1H3,(H,17,19)(H,20,21). The van der Waals surface area contributed by atoms with Gasteiger partial charge in [-0.25, -0.2) is 9.78 Å². The first kappa shape index (κ1) is 18.0. The zero-order chi connectivity index (χ0) is 17.6. The lowest BCUT2D eigenvalue weighted by atomic mass is 10.1. The van der Waals surface area contributed by atoms with Gasteiger partial charge in [-0.15, -0.1) is 11.8 Å². The molecule has 24 heavy (non-hydrogen) atoms. The van der Waals surface area contributed by atoms with E-state index < -0.39 is 11.6 Å². The van der Waals surface area contributed by atoms with Gasteiger partial charge in [0.2, 0.25) is 11.8 Å². The molecule has 7 nitrogen and oxygen atoms in total. The van der Waals surface area contributed by atoms with Crippen LogP contribution in [0, 0.1) is 0 Å². The number of thioether (sulfide) groups is 1. The Hall–Kier alpha value is -2.32. The lowest BCUT2D eigenvalue weighted by molar-refractivity contribution is -0.156. The molecule has 0 radical (unpaired) electrons. The molecule has 1 aromatic heterocycles. The number of aliphatic carboxylic acids is 1. The van der Waals surface area contributed by atoms with E-state index in [1.165, 1.54) is 11.8 Å². The number of hydrogen-bond donors (Lipinski definition) is 3. The molecule has 0 saturated carbocycles. The minimum atomic E-state index is -1.98. The van der Waals surface area contributed by atoms with Gasteiger partial charge in [-0.1, -0.05) is 18.2 Å². The van der Waals surface area contributed by atoms with Crippen molar-refractivity contribution in [3.05, 3.63) is 42.3 Å². The van der Waals surface area contributed by atoms with Gasteiger partial charge in [0.15, 0.2) is 5.60 Å². The van der Waals surface area contributed by atoms with Gasteiger partial charge in [-0.3, -0.25) is 4.79 Å². The molecule has 0 aliphatic carbocycles. The third-order valence-corrected chi connectivity index (χ3v) is 4.11. The van der Waals surface area contributed by atoms with E-state index in [1.807, 2.05) is 30.3 Å². The first-order valence-electron chi connectivity index (χ1n) is 7.18. The second-order valence-electron chi connectivity index (χ2n) is 5.36. The molecule has 1 atom stereocenters. The van der Waals surface area contributed by atoms with Crippen molar-refractivity contribution in [3.63, 3.8) is 0 Å². The van der Waals surface area contributed by atoms with Crippen molar-refractivity contribution >= 4 is 23.6 Å². The Labute approximate surface area is 143 Å². The van der Waals surface area contributed by atoms with Crippen LogP contribution in [0.15, 0.2) is 41.0 Å². The Morgan fingerprint density at radius 2 is 2.04 bits per heavy atom. The van der Waals surface area contributed by atoms with E-state index in [0.29, 0.717) is 17.3 Å². The van der Waals surface area contributed by atoms with Crippen LogP contribution in [0.4, 0.5) is 0 Å². The Kier molecular flexibility index (Phi) is 5.99. The summed E-state index contributed by atoms with van der Waals surface area (Å²) in [6.45, 7) is 0.785. The van der Waals surface area contributed by atoms with Crippen LogP contribution in [0.5, 0.6) is 0 Å². The Bertz CT molecular complexity index is 700. The number of carboxylic acid groups (broad SMARTS) is 1. The number of carboxylic acids is 1. The first-order valence-corrected chi connectivity index (χ1v) is 8.34. The van der Waals surface area contributed by atoms with Gasteiger partial charge in [0.1, 0.15) is 6.26 Å². The molecule has 0 aliphatic heterocycles. The van der Waals surface area contributed by atoms with Crippen molar-refractivity contribution in [3.8, 4) is 11.5 Å². The third-order valence-electron chi connectivity index (χ3n) is 3.15. The van der Waals surface area contributed by atoms with Crippen molar-refractivity contribution in [2.45, 2.75) is 18.3 Å². The highest BCUT2D eigenvalue weighted by atomic mass is 32.2. The molecule has 1 amide bonds. The predicted octanol–water partition coefficient (Wildman–Crippen LogP) is 1.53. The van der Waals surface area contributed by atoms with Crippen LogP contribution in [-0.4, -0.2) is 45.0 Å². The van der Waals surface area contributed by atoms with Crippen LogP contribution < -0.4 is 5.32 Å². The summed E-state index contributed by atoms with van der Waals surface area (Å²) in [5, 5.41) is 20.6. The van der Waals surface area contributed by atoms with Crippen molar-refractivity contribution in [1.82, 2.24) is 10.3 Å². The van der Waals surface area contributed by atoms with Gasteiger partial charge >= 0.3 is 5.97 Å². The Balaban J connectivity index is 1.76. The van der Waals surface area contributed by atoms with Gasteiger partial charge in [-0.05, 0) is 19.1 Å². The minimum absolute atomic E-state index is 0.128. The topological polar surface area (TPSA) is 113 Å². The maximum atomic E-state index is 11.6. The van der Waals surface area contributed by atoms with Crippen molar-refractivity contribution < 1.29 is 24.2 Å². The number of benzene rings is 1. The predicted molar refractivity (Wildman–Crippen MR) is 89.4 cm³/mol. The molecule has 0 fully saturated rings. The summed E-state index contributed by atoms with van der Waals surface area (Å²) < 4.78 is 5.40. The van der Waals surface area contributed by atoms with E-state index >= 15 is 0 Å². The average molecular weight is 350 g/mol. The molecule has 3 N–H and O–H groups in total. The maximum Gasteiger partial charge on any atom is 0.337 e. The Morgan fingerprint density at radius 3 is 2.71 bits per heavy atom. The van der Waals surface area contributed by atoms with E-state index in [9.17, 15) is 14.7 Å². The molecule has 2 aromatic rings. The van der Waals surface area contributed by atoms with E-state index in [1.54, 1.807) is 6.26 Å². The molecular formula is C16H18N2O5S. The van der Waals surface area contributed by atoms with Crippen molar-refractivity contribution in [1.29, 1.82) is 0 Å². The van der Waals surface area contributed by atoms with Crippen LogP contribution in [0.1, 0.15) is 12.6 Å². The van der Waals surface area contributed by atoms with Crippen molar-refractivity contribution in [2.24, 2.45) is 0 Å². The fraction of sp³-hybridized carbons (Fsp3) is 0.312. The quantitative estimate of drug-likeness (QED) is 0.661. The fourth-order valence-corrected chi connectivity index (χ4v) is 2.46. The van der Waals surface area contributed by atoms with E-state index in [0.717, 1.165) is 12.5 Å². The number of carbonyl (C=O) groups is 2. The first-order chi connectivity index (χ1) is 11.4. The van der Waals surface area contributed by atoms with Crippen LogP contribution in [-0.2, 0) is 15.3 Å². The van der Waals surface area contributed by atoms with E-state index in [2.05, 4.69) is 10.3 Å². The van der Waals surface area contributed by atoms with Crippen LogP contribution in [0.25, 0.3) is 11.5 Å². The highest BCUT2D eigenvalue weighted by molar-refractivity contribution is 7.99. The Morgan fingerprint density at radius 1 is 1.33 bits per heavy atom. The number of hydrogen-bond acceptors (Lipinski definition) is 6. The lowest BCUT2D eigenvalue weighted by Crippen LogP contribution is -2.46. The number of nitrogens with zero attached hydrogens (tertiary/aromatic N) is 1. The van der Waals surface area contributed by atoms with Gasteiger partial charge in [0, 0.05) is 11.3 Å². The summed E-state index contributed by atoms with van der Waals surface area (Å²) in [4.78, 5) is 26.7. The highest BCUT2D eigenvalue weighted by Crippen LogP contribution is 2.20. The smallest absolute Gasteiger partial charge is 0.337 e. The second-order valence-corrected chi connectivity index (χ2v) is 6.34. The van der Waals surface area contributed by atoms with Gasteiger partial charge < -0.3 is 19.9 Å². The molecule has 0 saturated heterocycles. The van der Waals surface area contributed by atoms with Gasteiger partial charge in [0.25, 0.3) is 0 Å². The summed E-state index contributed by atoms with van der Waals surface area (Å²) >= 11 is 1.32. The zero-order valence-electron chi connectivity index (χ0n) is 13.1. The average Bonchev–Trinajstić information content (AvgIpc) is 3.03. The second kappa shape index (κ2) is 7.98. The fourth-order valence-electron chi connectivity index (χ4n) is 1.73. The summed E-state index contributed by atoms with van der Waals surface area (Å²) in [5.41, 5.74) is -0.386. The van der Waals surface area contributed by atoms with Crippen LogP contribution in [0.2, 0.25) is 0 Å². The number of nitrogens with one attached hydrogen (secondary N) is 1. The molecule has 0 aliphatic rings. The highest BCUT2D eigenvalue weighted by Gasteiger charge is 2.30. The number of rotatable bonds is 8. The largest absolute Gasteiger partial charge is 0.479 e. The molecule has 0 bridgehead atoms. The molecule has 2 rings (SSSR count). The maximum absolute atomic E-state index is 11.6. The van der Waals surface area contributed by atoms with Gasteiger partial charge in [0.05, 0.1) is 18.0 Å². The number of amides is 1. The summed E-state index contributed by atoms with van der Waals surface area (Å²) in [6.07, 6.45) is 1.54. The van der Waals surface area contributed by atoms with E-state index in [-0.39, 0.29) is 18.2 Å². The number of carbonyl (C=O) groups excluding carboxylic acids is 1. The molecular weight excluding hydrogens is 332 g/mol. The zero-order valence-corrected chi connectivity index (χ0v) is 13.9. The molecule has 1 unspecified atom stereocenters. The van der Waals surface area contributed by atoms with E-state index in [4.69, 9.17) is 9.52 Å². The van der Waals surface area contributed by atoms with Crippen LogP contribution in [0.3, 0.4) is 0 Å². The number of aliphatic hydroxyl groups is 1. The molecule has 1 aromatic carbocycles. The minimum Gasteiger partial charge on any atom is -0.479 e. The number of oxazole rings is 1. The molecule has 128 valence electrons. The summed E-state index contributed by atoms with van der Waals surface area (Å²) in [7, 11) is 0. The third kappa shape index (κ3) is 5.10. The number of aromatic nitrogens is 1. The van der Waals surface area contributed by atoms with Crippen LogP contribution >= 0.6 is 11.8 Å². The molecule has 8 heteroatoms. The molecule has 0 spiro atoms. The molecule has 1 heterocycles. The van der Waals surface area contributed by atoms with Gasteiger partial charge in [-0.2, -0.15) is 0 Å². The summed E-state index contributed by atoms with van der Waals surface area (Å²) in [6, 6.07) is 9.48. The summed E-state index contributed by atoms with van der Waals surface area (Å²) in [5.74, 6) is -0.601. The lowest BCUT2D eigenvalue weighted by Gasteiger charge is -2.18. The normalized spacial score (nSPS) is 13.2. The monoisotopic (exact) mass is 350 g/mol.